The number of ether oxygens (including phenoxy) is 2. The third kappa shape index (κ3) is 7.48. The van der Waals surface area contributed by atoms with Gasteiger partial charge in [-0.05, 0) is 6.92 Å². The van der Waals surface area contributed by atoms with Crippen LogP contribution in [-0.2, 0) is 9.47 Å². The molecule has 0 aromatic rings. The van der Waals surface area contributed by atoms with Crippen LogP contribution in [0.15, 0.2) is 0 Å². The minimum atomic E-state index is 0.366. The van der Waals surface area contributed by atoms with Gasteiger partial charge >= 0.3 is 0 Å². The molecule has 0 atom stereocenters. The number of hydrogen-bond acceptors (Lipinski definition) is 2. The lowest BCUT2D eigenvalue weighted by molar-refractivity contribution is -0.0281. The first-order valence-electron chi connectivity index (χ1n) is 2.88. The molecule has 0 radical (unpaired) electrons. The molecule has 0 aliphatic heterocycles. The zero-order chi connectivity index (χ0) is 6.95. The van der Waals surface area contributed by atoms with Crippen LogP contribution in [-0.4, -0.2) is 20.5 Å². The molecule has 2 nitrogen and oxygen atoms in total. The molecule has 52 valence electrons. The molecule has 0 aliphatic rings. The molecule has 0 aliphatic carbocycles. The fourth-order valence-electron chi connectivity index (χ4n) is 0.390. The van der Waals surface area contributed by atoms with E-state index in [1.165, 1.54) is 0 Å². The van der Waals surface area contributed by atoms with Crippen LogP contribution in [0.3, 0.4) is 0 Å². The van der Waals surface area contributed by atoms with Gasteiger partial charge in [-0.2, -0.15) is 0 Å². The fraction of sp³-hybridized carbons (Fsp3) is 0.714. The molecule has 2 heteroatoms. The van der Waals surface area contributed by atoms with Crippen LogP contribution in [0.2, 0.25) is 0 Å². The van der Waals surface area contributed by atoms with Crippen LogP contribution in [0, 0.1) is 11.8 Å². The van der Waals surface area contributed by atoms with Crippen molar-refractivity contribution in [3.63, 3.8) is 0 Å². The first kappa shape index (κ1) is 8.48. The molecule has 0 fully saturated rings. The molecular weight excluding hydrogens is 116 g/mol. The Morgan fingerprint density at radius 3 is 2.78 bits per heavy atom. The lowest BCUT2D eigenvalue weighted by Crippen LogP contribution is -1.96. The molecule has 0 N–H and O–H groups in total. The Labute approximate surface area is 56.2 Å². The zero-order valence-corrected chi connectivity index (χ0v) is 5.94. The van der Waals surface area contributed by atoms with E-state index in [1.54, 1.807) is 7.11 Å². The van der Waals surface area contributed by atoms with Crippen LogP contribution in [0.1, 0.15) is 13.3 Å². The second-order valence-corrected chi connectivity index (χ2v) is 1.49. The quantitative estimate of drug-likeness (QED) is 0.320. The van der Waals surface area contributed by atoms with Crippen LogP contribution in [0.25, 0.3) is 0 Å². The van der Waals surface area contributed by atoms with Gasteiger partial charge in [0.2, 0.25) is 0 Å². The molecule has 0 rings (SSSR count). The van der Waals surface area contributed by atoms with Crippen molar-refractivity contribution in [3.05, 3.63) is 0 Å². The predicted octanol–water partition coefficient (Wildman–Crippen LogP) is 1.02. The molecule has 0 aromatic heterocycles. The summed E-state index contributed by atoms with van der Waals surface area (Å²) in [5.74, 6) is 5.65. The Hall–Kier alpha value is -0.520. The van der Waals surface area contributed by atoms with Crippen molar-refractivity contribution >= 4 is 0 Å². The number of hydrogen-bond donors (Lipinski definition) is 0. The Bertz CT molecular complexity index is 99.2. The van der Waals surface area contributed by atoms with E-state index in [0.717, 1.165) is 6.42 Å². The van der Waals surface area contributed by atoms with Crippen LogP contribution in [0.4, 0.5) is 0 Å². The molecule has 0 unspecified atom stereocenters. The monoisotopic (exact) mass is 128 g/mol. The van der Waals surface area contributed by atoms with E-state index in [2.05, 4.69) is 16.6 Å². The predicted molar refractivity (Wildman–Crippen MR) is 35.9 cm³/mol. The molecular formula is C7H12O2. The van der Waals surface area contributed by atoms with Crippen molar-refractivity contribution < 1.29 is 9.47 Å². The largest absolute Gasteiger partial charge is 0.359 e. The third-order valence-corrected chi connectivity index (χ3v) is 0.749. The topological polar surface area (TPSA) is 18.5 Å². The molecule has 0 heterocycles. The number of rotatable bonds is 4. The van der Waals surface area contributed by atoms with E-state index in [1.807, 2.05) is 6.92 Å². The zero-order valence-electron chi connectivity index (χ0n) is 5.94. The number of methoxy groups -OCH3 is 1. The van der Waals surface area contributed by atoms with Crippen molar-refractivity contribution in [1.82, 2.24) is 0 Å². The highest BCUT2D eigenvalue weighted by molar-refractivity contribution is 4.94. The van der Waals surface area contributed by atoms with Gasteiger partial charge in [0.25, 0.3) is 0 Å². The summed E-state index contributed by atoms with van der Waals surface area (Å²) >= 11 is 0. The average molecular weight is 128 g/mol. The van der Waals surface area contributed by atoms with Crippen molar-refractivity contribution in [2.45, 2.75) is 13.3 Å². The standard InChI is InChI=1S/C7H12O2/c1-3-4-5-6-9-7-8-2/h5-7H2,1-2H3. The first-order chi connectivity index (χ1) is 4.41. The second kappa shape index (κ2) is 7.48. The van der Waals surface area contributed by atoms with Gasteiger partial charge in [-0.3, -0.25) is 0 Å². The lowest BCUT2D eigenvalue weighted by atomic mass is 10.4. The summed E-state index contributed by atoms with van der Waals surface area (Å²) in [6, 6.07) is 0. The lowest BCUT2D eigenvalue weighted by Gasteiger charge is -1.96. The molecule has 0 amide bonds. The fourth-order valence-corrected chi connectivity index (χ4v) is 0.390. The molecule has 0 saturated heterocycles. The maximum absolute atomic E-state index is 4.96. The van der Waals surface area contributed by atoms with E-state index in [9.17, 15) is 0 Å². The van der Waals surface area contributed by atoms with Gasteiger partial charge in [-0.15, -0.1) is 11.8 Å². The molecule has 0 saturated carbocycles. The van der Waals surface area contributed by atoms with Crippen molar-refractivity contribution in [3.8, 4) is 11.8 Å². The van der Waals surface area contributed by atoms with E-state index in [4.69, 9.17) is 4.74 Å². The van der Waals surface area contributed by atoms with Crippen LogP contribution in [0.5, 0.6) is 0 Å². The van der Waals surface area contributed by atoms with Crippen molar-refractivity contribution in [1.29, 1.82) is 0 Å². The van der Waals surface area contributed by atoms with Gasteiger partial charge in [0.1, 0.15) is 6.79 Å². The Kier molecular flexibility index (Phi) is 7.05. The van der Waals surface area contributed by atoms with Gasteiger partial charge in [0.05, 0.1) is 6.61 Å². The summed E-state index contributed by atoms with van der Waals surface area (Å²) in [4.78, 5) is 0. The highest BCUT2D eigenvalue weighted by atomic mass is 16.7. The van der Waals surface area contributed by atoms with Gasteiger partial charge in [0.15, 0.2) is 0 Å². The van der Waals surface area contributed by atoms with Crippen LogP contribution < -0.4 is 0 Å². The maximum Gasteiger partial charge on any atom is 0.146 e. The summed E-state index contributed by atoms with van der Waals surface area (Å²) < 4.78 is 9.61. The summed E-state index contributed by atoms with van der Waals surface area (Å²) in [6.45, 7) is 2.84. The first-order valence-corrected chi connectivity index (χ1v) is 2.88. The summed E-state index contributed by atoms with van der Waals surface area (Å²) in [5, 5.41) is 0. The van der Waals surface area contributed by atoms with E-state index < -0.39 is 0 Å². The van der Waals surface area contributed by atoms with Crippen LogP contribution >= 0.6 is 0 Å². The Morgan fingerprint density at radius 1 is 1.44 bits per heavy atom. The van der Waals surface area contributed by atoms with Gasteiger partial charge in [-0.25, -0.2) is 0 Å². The smallest absolute Gasteiger partial charge is 0.146 e. The molecule has 0 bridgehead atoms. The van der Waals surface area contributed by atoms with E-state index >= 15 is 0 Å². The summed E-state index contributed by atoms with van der Waals surface area (Å²) in [6.07, 6.45) is 0.792. The summed E-state index contributed by atoms with van der Waals surface area (Å²) in [7, 11) is 1.60. The minimum Gasteiger partial charge on any atom is -0.359 e. The third-order valence-electron chi connectivity index (χ3n) is 0.749. The van der Waals surface area contributed by atoms with Gasteiger partial charge < -0.3 is 9.47 Å². The Balaban J connectivity index is 2.80. The highest BCUT2D eigenvalue weighted by Crippen LogP contribution is 1.79. The summed E-state index contributed by atoms with van der Waals surface area (Å²) in [5.41, 5.74) is 0. The molecule has 0 spiro atoms. The Morgan fingerprint density at radius 2 is 2.22 bits per heavy atom. The SMILES string of the molecule is CC#CCCOCOC. The average Bonchev–Trinajstić information content (AvgIpc) is 1.89. The minimum absolute atomic E-state index is 0.366. The molecule has 0 aromatic carbocycles. The van der Waals surface area contributed by atoms with Gasteiger partial charge in [-0.1, -0.05) is 0 Å². The van der Waals surface area contributed by atoms with Crippen molar-refractivity contribution in [2.24, 2.45) is 0 Å². The van der Waals surface area contributed by atoms with Gasteiger partial charge in [0, 0.05) is 13.5 Å². The second-order valence-electron chi connectivity index (χ2n) is 1.49. The van der Waals surface area contributed by atoms with E-state index in [0.29, 0.717) is 13.4 Å². The van der Waals surface area contributed by atoms with E-state index in [-0.39, 0.29) is 0 Å². The maximum atomic E-state index is 4.96. The van der Waals surface area contributed by atoms with Crippen molar-refractivity contribution in [2.75, 3.05) is 20.5 Å². The highest BCUT2D eigenvalue weighted by Gasteiger charge is 1.80. The molecule has 9 heavy (non-hydrogen) atoms. The normalized spacial score (nSPS) is 8.22.